The van der Waals surface area contributed by atoms with Crippen LogP contribution in [0.3, 0.4) is 0 Å². The van der Waals surface area contributed by atoms with Crippen molar-refractivity contribution in [1.82, 2.24) is 4.90 Å². The summed E-state index contributed by atoms with van der Waals surface area (Å²) in [6, 6.07) is 3.79. The van der Waals surface area contributed by atoms with E-state index < -0.39 is 95.7 Å². The Kier molecular flexibility index (Phi) is 8.40. The third-order valence-electron chi connectivity index (χ3n) is 9.65. The number of Topliss-reactive ketones (excluding diaryl/α,β-unsaturated/α-hetero) is 1. The van der Waals surface area contributed by atoms with Gasteiger partial charge >= 0.3 is 0 Å². The van der Waals surface area contributed by atoms with Gasteiger partial charge in [0, 0.05) is 49.0 Å². The van der Waals surface area contributed by atoms with Gasteiger partial charge in [-0.15, -0.1) is 0 Å². The average Bonchev–Trinajstić information content (AvgIpc) is 3.58. The Morgan fingerprint density at radius 3 is 2.48 bits per heavy atom. The van der Waals surface area contributed by atoms with Crippen LogP contribution in [-0.2, 0) is 20.7 Å². The SMILES string of the molecule is COc1cccc2c1C(=O)c1c(O)c3c(c(O)c1C2=O)CC(O)(C(=O)CO)C[C@@H]3OC1C[C@H](N=C(C)N2CCCC2)[C@@H](O)C(C)O1. The highest BCUT2D eigenvalue weighted by atomic mass is 16.7. The fraction of sp³-hybridized carbons (Fsp3) is 0.515. The number of phenols is 2. The first-order chi connectivity index (χ1) is 21.9. The molecule has 0 radical (unpaired) electrons. The molecule has 0 bridgehead atoms. The fourth-order valence-electron chi connectivity index (χ4n) is 7.18. The second-order valence-corrected chi connectivity index (χ2v) is 12.4. The zero-order chi connectivity index (χ0) is 33.1. The molecule has 6 rings (SSSR count). The van der Waals surface area contributed by atoms with E-state index in [1.807, 2.05) is 6.92 Å². The summed E-state index contributed by atoms with van der Waals surface area (Å²) in [4.78, 5) is 47.3. The highest BCUT2D eigenvalue weighted by Crippen LogP contribution is 2.52. The number of aliphatic imine (C=N–C) groups is 1. The molecule has 0 saturated carbocycles. The minimum Gasteiger partial charge on any atom is -0.507 e. The Balaban J connectivity index is 1.43. The third-order valence-corrected chi connectivity index (χ3v) is 9.65. The molecule has 2 aromatic carbocycles. The molecule has 13 heteroatoms. The number of ether oxygens (including phenoxy) is 3. The van der Waals surface area contributed by atoms with Crippen molar-refractivity contribution >= 4 is 23.2 Å². The predicted molar refractivity (Wildman–Crippen MR) is 161 cm³/mol. The monoisotopic (exact) mass is 638 g/mol. The molecule has 246 valence electrons. The van der Waals surface area contributed by atoms with E-state index in [1.165, 1.54) is 25.3 Å². The summed E-state index contributed by atoms with van der Waals surface area (Å²) < 4.78 is 17.6. The number of carbonyl (C=O) groups excluding carboxylic acids is 3. The number of carbonyl (C=O) groups is 3. The zero-order valence-corrected chi connectivity index (χ0v) is 25.9. The fourth-order valence-corrected chi connectivity index (χ4v) is 7.18. The summed E-state index contributed by atoms with van der Waals surface area (Å²) in [6.45, 7) is 4.25. The molecule has 2 aliphatic carbocycles. The standard InChI is InChI=1S/C33H38N2O11/c1-15-28(38)19(34-16(2)35-9-4-5-10-35)11-23(45-15)46-21-13-33(43,22(37)14-36)12-18-25(21)32(42)27-26(30(18)40)29(39)17-7-6-8-20(44-3)24(17)31(27)41/h6-8,15,19,21,23,28,36,38,40,42-43H,4-5,9-14H2,1-3H3/t15?,19-,21-,23?,28-,33?/m0/s1. The lowest BCUT2D eigenvalue weighted by Gasteiger charge is -2.42. The first kappa shape index (κ1) is 32.1. The number of rotatable bonds is 6. The number of amidine groups is 1. The molecule has 13 nitrogen and oxygen atoms in total. The van der Waals surface area contributed by atoms with Crippen molar-refractivity contribution in [2.45, 2.75) is 82.2 Å². The molecule has 0 aromatic heterocycles. The van der Waals surface area contributed by atoms with Crippen LogP contribution >= 0.6 is 0 Å². The van der Waals surface area contributed by atoms with Crippen LogP contribution in [0, 0.1) is 0 Å². The first-order valence-corrected chi connectivity index (χ1v) is 15.4. The molecule has 2 aromatic rings. The average molecular weight is 639 g/mol. The van der Waals surface area contributed by atoms with Gasteiger partial charge in [-0.25, -0.2) is 0 Å². The lowest BCUT2D eigenvalue weighted by Crippen LogP contribution is -2.50. The van der Waals surface area contributed by atoms with E-state index in [9.17, 15) is 39.9 Å². The molecular weight excluding hydrogens is 600 g/mol. The number of phenolic OH excluding ortho intramolecular Hbond substituents is 2. The number of ketones is 3. The number of likely N-dealkylation sites (tertiary alicyclic amines) is 1. The molecule has 4 aliphatic rings. The molecule has 0 amide bonds. The Hall–Kier alpha value is -3.88. The maximum atomic E-state index is 13.9. The summed E-state index contributed by atoms with van der Waals surface area (Å²) in [5, 5.41) is 55.3. The van der Waals surface area contributed by atoms with Crippen molar-refractivity contribution < 1.29 is 54.1 Å². The lowest BCUT2D eigenvalue weighted by molar-refractivity contribution is -0.247. The van der Waals surface area contributed by atoms with Crippen LogP contribution in [0.5, 0.6) is 17.2 Å². The lowest BCUT2D eigenvalue weighted by atomic mass is 9.72. The quantitative estimate of drug-likeness (QED) is 0.149. The summed E-state index contributed by atoms with van der Waals surface area (Å²) >= 11 is 0. The number of aliphatic hydroxyl groups is 3. The van der Waals surface area contributed by atoms with E-state index in [0.29, 0.717) is 0 Å². The van der Waals surface area contributed by atoms with Gasteiger partial charge in [-0.3, -0.25) is 19.4 Å². The van der Waals surface area contributed by atoms with Crippen molar-refractivity contribution in [3.05, 3.63) is 51.6 Å². The zero-order valence-electron chi connectivity index (χ0n) is 25.9. The molecule has 2 heterocycles. The number of aliphatic hydroxyl groups excluding tert-OH is 2. The summed E-state index contributed by atoms with van der Waals surface area (Å²) in [6.07, 6.45) is -2.94. The van der Waals surface area contributed by atoms with Gasteiger partial charge in [-0.1, -0.05) is 12.1 Å². The van der Waals surface area contributed by atoms with Crippen LogP contribution in [0.25, 0.3) is 0 Å². The largest absolute Gasteiger partial charge is 0.507 e. The molecule has 3 unspecified atom stereocenters. The van der Waals surface area contributed by atoms with Gasteiger partial charge < -0.3 is 44.6 Å². The van der Waals surface area contributed by atoms with Crippen molar-refractivity contribution in [2.24, 2.45) is 4.99 Å². The number of benzene rings is 2. The number of hydrogen-bond donors (Lipinski definition) is 5. The van der Waals surface area contributed by atoms with E-state index in [-0.39, 0.29) is 34.4 Å². The second kappa shape index (κ2) is 12.0. The molecule has 0 spiro atoms. The van der Waals surface area contributed by atoms with Gasteiger partial charge in [0.25, 0.3) is 0 Å². The molecule has 46 heavy (non-hydrogen) atoms. The van der Waals surface area contributed by atoms with Gasteiger partial charge in [-0.2, -0.15) is 0 Å². The van der Waals surface area contributed by atoms with Crippen LogP contribution in [-0.4, -0.2) is 111 Å². The van der Waals surface area contributed by atoms with Crippen molar-refractivity contribution in [3.63, 3.8) is 0 Å². The van der Waals surface area contributed by atoms with E-state index in [0.717, 1.165) is 31.8 Å². The maximum absolute atomic E-state index is 13.9. The Morgan fingerprint density at radius 1 is 1.11 bits per heavy atom. The third kappa shape index (κ3) is 5.16. The minimum atomic E-state index is -2.25. The van der Waals surface area contributed by atoms with Gasteiger partial charge in [0.15, 0.2) is 17.9 Å². The first-order valence-electron chi connectivity index (χ1n) is 15.4. The van der Waals surface area contributed by atoms with Gasteiger partial charge in [0.05, 0.1) is 47.9 Å². The highest BCUT2D eigenvalue weighted by molar-refractivity contribution is 6.31. The summed E-state index contributed by atoms with van der Waals surface area (Å²) in [5.74, 6) is -2.94. The van der Waals surface area contributed by atoms with E-state index in [4.69, 9.17) is 19.2 Å². The van der Waals surface area contributed by atoms with Crippen LogP contribution in [0.1, 0.15) is 88.6 Å². The number of nitrogens with zero attached hydrogens (tertiary/aromatic N) is 2. The normalized spacial score (nSPS) is 29.3. The van der Waals surface area contributed by atoms with Gasteiger partial charge in [0.1, 0.15) is 35.6 Å². The molecule has 2 aliphatic heterocycles. The molecule has 6 atom stereocenters. The second-order valence-electron chi connectivity index (χ2n) is 12.4. The van der Waals surface area contributed by atoms with Crippen LogP contribution in [0.15, 0.2) is 23.2 Å². The summed E-state index contributed by atoms with van der Waals surface area (Å²) in [7, 11) is 1.34. The predicted octanol–water partition coefficient (Wildman–Crippen LogP) is 1.56. The van der Waals surface area contributed by atoms with Crippen molar-refractivity contribution in [3.8, 4) is 17.2 Å². The molecular formula is C33H38N2O11. The molecule has 5 N–H and O–H groups in total. The van der Waals surface area contributed by atoms with Crippen LogP contribution in [0.4, 0.5) is 0 Å². The van der Waals surface area contributed by atoms with Crippen LogP contribution in [0.2, 0.25) is 0 Å². The number of fused-ring (bicyclic) bond motifs is 3. The number of methoxy groups -OCH3 is 1. The summed E-state index contributed by atoms with van der Waals surface area (Å²) in [5.41, 5.74) is -3.58. The smallest absolute Gasteiger partial charge is 0.202 e. The highest BCUT2D eigenvalue weighted by Gasteiger charge is 2.50. The maximum Gasteiger partial charge on any atom is 0.202 e. The molecule has 2 saturated heterocycles. The number of aromatic hydroxyl groups is 2. The van der Waals surface area contributed by atoms with E-state index in [2.05, 4.69) is 4.90 Å². The van der Waals surface area contributed by atoms with Gasteiger partial charge in [0.2, 0.25) is 5.78 Å². The van der Waals surface area contributed by atoms with Crippen molar-refractivity contribution in [2.75, 3.05) is 26.8 Å². The Bertz CT molecular complexity index is 1630. The van der Waals surface area contributed by atoms with E-state index in [1.54, 1.807) is 6.92 Å². The topological polar surface area (TPSA) is 196 Å². The van der Waals surface area contributed by atoms with Crippen molar-refractivity contribution in [1.29, 1.82) is 0 Å². The minimum absolute atomic E-state index is 0.0456. The van der Waals surface area contributed by atoms with Gasteiger partial charge in [-0.05, 0) is 32.8 Å². The number of hydrogen-bond acceptors (Lipinski definition) is 12. The molecule has 2 fully saturated rings. The van der Waals surface area contributed by atoms with Crippen LogP contribution < -0.4 is 4.74 Å². The van der Waals surface area contributed by atoms with E-state index >= 15 is 0 Å². The Labute approximate surface area is 265 Å². The Morgan fingerprint density at radius 2 is 1.80 bits per heavy atom.